The van der Waals surface area contributed by atoms with Crippen molar-refractivity contribution >= 4 is 38.6 Å². The van der Waals surface area contributed by atoms with Gasteiger partial charge in [-0.2, -0.15) is 11.3 Å². The normalized spacial score (nSPS) is 12.4. The highest BCUT2D eigenvalue weighted by Gasteiger charge is 2.06. The Hall–Kier alpha value is -1.00. The van der Waals surface area contributed by atoms with Gasteiger partial charge in [0.1, 0.15) is 0 Å². The predicted molar refractivity (Wildman–Crippen MR) is 79.7 cm³/mol. The van der Waals surface area contributed by atoms with E-state index in [-0.39, 0.29) is 0 Å². The van der Waals surface area contributed by atoms with Gasteiger partial charge in [0.05, 0.1) is 11.4 Å². The fraction of sp³-hybridized carbons (Fsp3) is 0.231. The fourth-order valence-electron chi connectivity index (χ4n) is 1.74. The first-order valence-electron chi connectivity index (χ1n) is 5.48. The maximum Gasteiger partial charge on any atom is 0.0576 e. The first kappa shape index (κ1) is 12.5. The second kappa shape index (κ2) is 5.56. The molecule has 0 aliphatic heterocycles. The summed E-state index contributed by atoms with van der Waals surface area (Å²) in [4.78, 5) is 0. The maximum absolute atomic E-state index is 5.95. The lowest BCUT2D eigenvalue weighted by Crippen LogP contribution is -2.18. The highest BCUT2D eigenvalue weighted by atomic mass is 79.9. The molecule has 0 saturated heterocycles. The smallest absolute Gasteiger partial charge is 0.0576 e. The number of hydrogen-bond donors (Lipinski definition) is 2. The molecule has 0 radical (unpaired) electrons. The third kappa shape index (κ3) is 3.48. The van der Waals surface area contributed by atoms with Crippen molar-refractivity contribution in [2.75, 3.05) is 11.1 Å². The summed E-state index contributed by atoms with van der Waals surface area (Å²) < 4.78 is 1.01. The lowest BCUT2D eigenvalue weighted by molar-refractivity contribution is 0.793. The summed E-state index contributed by atoms with van der Waals surface area (Å²) in [6, 6.07) is 8.44. The molecule has 2 aromatic rings. The van der Waals surface area contributed by atoms with Crippen LogP contribution in [0, 0.1) is 0 Å². The van der Waals surface area contributed by atoms with Crippen LogP contribution < -0.4 is 11.1 Å². The van der Waals surface area contributed by atoms with Crippen molar-refractivity contribution in [1.29, 1.82) is 0 Å². The van der Waals surface area contributed by atoms with Crippen LogP contribution in [0.5, 0.6) is 0 Å². The van der Waals surface area contributed by atoms with Crippen LogP contribution >= 0.6 is 27.3 Å². The molecule has 1 atom stereocenters. The molecule has 1 heterocycles. The quantitative estimate of drug-likeness (QED) is 0.833. The van der Waals surface area contributed by atoms with Gasteiger partial charge in [-0.25, -0.2) is 0 Å². The van der Waals surface area contributed by atoms with Crippen LogP contribution in [0.15, 0.2) is 39.5 Å². The van der Waals surface area contributed by atoms with E-state index in [0.29, 0.717) is 6.04 Å². The summed E-state index contributed by atoms with van der Waals surface area (Å²) in [5.74, 6) is 0. The van der Waals surface area contributed by atoms with Crippen molar-refractivity contribution in [3.8, 4) is 0 Å². The number of nitrogen functional groups attached to an aromatic ring is 1. The van der Waals surface area contributed by atoms with Crippen molar-refractivity contribution in [3.63, 3.8) is 0 Å². The van der Waals surface area contributed by atoms with Gasteiger partial charge in [-0.05, 0) is 53.9 Å². The molecule has 0 aliphatic carbocycles. The number of rotatable bonds is 4. The SMILES string of the molecule is CC(Cc1ccsc1)Nc1ccc(Br)cc1N. The molecular weight excluding hydrogens is 296 g/mol. The summed E-state index contributed by atoms with van der Waals surface area (Å²) in [7, 11) is 0. The minimum Gasteiger partial charge on any atom is -0.397 e. The molecule has 2 rings (SSSR count). The van der Waals surface area contributed by atoms with Gasteiger partial charge in [0.2, 0.25) is 0 Å². The molecule has 3 N–H and O–H groups in total. The van der Waals surface area contributed by atoms with Gasteiger partial charge in [0, 0.05) is 10.5 Å². The van der Waals surface area contributed by atoms with E-state index in [1.165, 1.54) is 5.56 Å². The Bertz CT molecular complexity index is 482. The summed E-state index contributed by atoms with van der Waals surface area (Å²) in [5.41, 5.74) is 9.09. The number of nitrogens with two attached hydrogens (primary N) is 1. The number of thiophene rings is 1. The number of hydrogen-bond acceptors (Lipinski definition) is 3. The van der Waals surface area contributed by atoms with E-state index in [4.69, 9.17) is 5.73 Å². The summed E-state index contributed by atoms with van der Waals surface area (Å²) in [5, 5.41) is 7.73. The average Bonchev–Trinajstić information content (AvgIpc) is 2.75. The second-order valence-electron chi connectivity index (χ2n) is 4.11. The van der Waals surface area contributed by atoms with E-state index in [2.05, 4.69) is 45.0 Å². The fourth-order valence-corrected chi connectivity index (χ4v) is 2.80. The zero-order chi connectivity index (χ0) is 12.3. The molecule has 0 fully saturated rings. The Kier molecular flexibility index (Phi) is 4.07. The number of halogens is 1. The number of anilines is 2. The first-order chi connectivity index (χ1) is 8.15. The Morgan fingerprint density at radius 2 is 2.24 bits per heavy atom. The molecule has 1 aromatic heterocycles. The molecule has 17 heavy (non-hydrogen) atoms. The molecule has 0 spiro atoms. The third-order valence-corrected chi connectivity index (χ3v) is 3.76. The molecule has 2 nitrogen and oxygen atoms in total. The van der Waals surface area contributed by atoms with E-state index in [9.17, 15) is 0 Å². The zero-order valence-corrected chi connectivity index (χ0v) is 12.0. The van der Waals surface area contributed by atoms with E-state index in [1.54, 1.807) is 11.3 Å². The molecule has 0 bridgehead atoms. The summed E-state index contributed by atoms with van der Waals surface area (Å²) >= 11 is 5.14. The second-order valence-corrected chi connectivity index (χ2v) is 5.81. The van der Waals surface area contributed by atoms with Crippen LogP contribution in [-0.4, -0.2) is 6.04 Å². The molecule has 1 aromatic carbocycles. The topological polar surface area (TPSA) is 38.0 Å². The van der Waals surface area contributed by atoms with Gasteiger partial charge in [0.25, 0.3) is 0 Å². The van der Waals surface area contributed by atoms with Gasteiger partial charge in [0.15, 0.2) is 0 Å². The third-order valence-electron chi connectivity index (χ3n) is 2.54. The lowest BCUT2D eigenvalue weighted by Gasteiger charge is -2.16. The monoisotopic (exact) mass is 310 g/mol. The number of benzene rings is 1. The van der Waals surface area contributed by atoms with Gasteiger partial charge in [-0.15, -0.1) is 0 Å². The molecule has 90 valence electrons. The standard InChI is InChI=1S/C13H15BrN2S/c1-9(6-10-4-5-17-8-10)16-13-3-2-11(14)7-12(13)15/h2-5,7-9,16H,6,15H2,1H3. The first-order valence-corrected chi connectivity index (χ1v) is 7.21. The maximum atomic E-state index is 5.95. The van der Waals surface area contributed by atoms with Crippen LogP contribution in [0.1, 0.15) is 12.5 Å². The van der Waals surface area contributed by atoms with E-state index in [1.807, 2.05) is 18.2 Å². The van der Waals surface area contributed by atoms with Gasteiger partial charge in [-0.3, -0.25) is 0 Å². The largest absolute Gasteiger partial charge is 0.397 e. The van der Waals surface area contributed by atoms with Crippen molar-refractivity contribution in [3.05, 3.63) is 45.1 Å². The van der Waals surface area contributed by atoms with Crippen molar-refractivity contribution < 1.29 is 0 Å². The average molecular weight is 311 g/mol. The predicted octanol–water partition coefficient (Wildman–Crippen LogP) is 4.14. The zero-order valence-electron chi connectivity index (χ0n) is 9.61. The minimum atomic E-state index is 0.369. The summed E-state index contributed by atoms with van der Waals surface area (Å²) in [6.45, 7) is 2.17. The van der Waals surface area contributed by atoms with Gasteiger partial charge >= 0.3 is 0 Å². The number of nitrogens with one attached hydrogen (secondary N) is 1. The van der Waals surface area contributed by atoms with Crippen molar-refractivity contribution in [2.24, 2.45) is 0 Å². The highest BCUT2D eigenvalue weighted by molar-refractivity contribution is 9.10. The Morgan fingerprint density at radius 3 is 2.88 bits per heavy atom. The van der Waals surface area contributed by atoms with Crippen LogP contribution in [0.3, 0.4) is 0 Å². The molecule has 4 heteroatoms. The van der Waals surface area contributed by atoms with Crippen molar-refractivity contribution in [1.82, 2.24) is 0 Å². The Morgan fingerprint density at radius 1 is 1.41 bits per heavy atom. The highest BCUT2D eigenvalue weighted by Crippen LogP contribution is 2.24. The minimum absolute atomic E-state index is 0.369. The van der Waals surface area contributed by atoms with Crippen LogP contribution in [0.4, 0.5) is 11.4 Å². The molecule has 0 saturated carbocycles. The van der Waals surface area contributed by atoms with Crippen LogP contribution in [0.2, 0.25) is 0 Å². The summed E-state index contributed by atoms with van der Waals surface area (Å²) in [6.07, 6.45) is 1.01. The molecular formula is C13H15BrN2S. The van der Waals surface area contributed by atoms with E-state index in [0.717, 1.165) is 22.3 Å². The lowest BCUT2D eigenvalue weighted by atomic mass is 10.1. The molecule has 0 aliphatic rings. The van der Waals surface area contributed by atoms with E-state index >= 15 is 0 Å². The van der Waals surface area contributed by atoms with Gasteiger partial charge < -0.3 is 11.1 Å². The Balaban J connectivity index is 2.00. The van der Waals surface area contributed by atoms with Crippen molar-refractivity contribution in [2.45, 2.75) is 19.4 Å². The van der Waals surface area contributed by atoms with Crippen LogP contribution in [-0.2, 0) is 6.42 Å². The van der Waals surface area contributed by atoms with E-state index < -0.39 is 0 Å². The molecule has 1 unspecified atom stereocenters. The molecule has 0 amide bonds. The Labute approximate surface area is 114 Å². The van der Waals surface area contributed by atoms with Crippen LogP contribution in [0.25, 0.3) is 0 Å². The van der Waals surface area contributed by atoms with Gasteiger partial charge in [-0.1, -0.05) is 15.9 Å².